The number of hydrogen-bond acceptors (Lipinski definition) is 6. The maximum absolute atomic E-state index is 12.2. The highest BCUT2D eigenvalue weighted by Crippen LogP contribution is 2.48. The zero-order valence-electron chi connectivity index (χ0n) is 21.9. The average molecular weight is 562 g/mol. The summed E-state index contributed by atoms with van der Waals surface area (Å²) in [6.45, 7) is 0.474. The lowest BCUT2D eigenvalue weighted by Crippen LogP contribution is -2.08. The highest BCUT2D eigenvalue weighted by Gasteiger charge is 2.27. The van der Waals surface area contributed by atoms with Crippen LogP contribution in [-0.4, -0.2) is 50.7 Å². The molecule has 6 aromatic rings. The normalized spacial score (nSPS) is 11.5. The quantitative estimate of drug-likeness (QED) is 0.0493. The first kappa shape index (κ1) is 26.5. The molecule has 42 heavy (non-hydrogen) atoms. The molecule has 0 aliphatic heterocycles. The van der Waals surface area contributed by atoms with Gasteiger partial charge in [0.15, 0.2) is 0 Å². The monoisotopic (exact) mass is 561 g/mol. The molecule has 0 aliphatic carbocycles. The van der Waals surface area contributed by atoms with Gasteiger partial charge in [0, 0.05) is 32.7 Å². The van der Waals surface area contributed by atoms with Crippen molar-refractivity contribution in [3.8, 4) is 11.5 Å². The Hall–Kier alpha value is -5.74. The average Bonchev–Trinajstić information content (AvgIpc) is 2.96. The topological polar surface area (TPSA) is 198 Å². The van der Waals surface area contributed by atoms with Crippen LogP contribution < -0.4 is 10.5 Å². The van der Waals surface area contributed by atoms with Gasteiger partial charge >= 0.3 is 11.9 Å². The van der Waals surface area contributed by atoms with Gasteiger partial charge in [-0.25, -0.2) is 9.59 Å². The maximum Gasteiger partial charge on any atom is 0.336 e. The van der Waals surface area contributed by atoms with E-state index in [1.165, 1.54) is 24.3 Å². The summed E-state index contributed by atoms with van der Waals surface area (Å²) >= 11 is 0. The van der Waals surface area contributed by atoms with Crippen LogP contribution in [-0.2, 0) is 6.42 Å². The largest absolute Gasteiger partial charge is 0.493 e. The minimum Gasteiger partial charge on any atom is -0.493 e. The summed E-state index contributed by atoms with van der Waals surface area (Å²) in [5, 5.41) is 59.9. The number of carbonyl (C=O) groups is 2. The van der Waals surface area contributed by atoms with Crippen molar-refractivity contribution < 1.29 is 34.8 Å². The minimum absolute atomic E-state index is 0.00292. The summed E-state index contributed by atoms with van der Waals surface area (Å²) < 4.78 is 6.34. The van der Waals surface area contributed by atoms with Crippen LogP contribution in [0.3, 0.4) is 0 Å². The number of aromatic carboxylic acids is 2. The van der Waals surface area contributed by atoms with E-state index in [1.54, 1.807) is 30.3 Å². The number of aliphatic hydroxyl groups excluding tert-OH is 2. The van der Waals surface area contributed by atoms with Gasteiger partial charge in [-0.15, -0.1) is 0 Å². The van der Waals surface area contributed by atoms with Crippen molar-refractivity contribution in [3.63, 3.8) is 0 Å². The van der Waals surface area contributed by atoms with Gasteiger partial charge in [-0.3, -0.25) is 10.8 Å². The molecule has 0 unspecified atom stereocenters. The number of rotatable bonds is 8. The Labute approximate surface area is 237 Å². The molecule has 6 rings (SSSR count). The van der Waals surface area contributed by atoms with Crippen LogP contribution in [0.2, 0.25) is 0 Å². The lowest BCUT2D eigenvalue weighted by Gasteiger charge is -2.21. The number of carboxylic acids is 2. The number of aliphatic hydroxyl groups is 2. The number of nitrogens with one attached hydrogen (secondary N) is 2. The van der Waals surface area contributed by atoms with Crippen molar-refractivity contribution in [3.05, 3.63) is 94.5 Å². The van der Waals surface area contributed by atoms with Gasteiger partial charge in [0.2, 0.25) is 11.8 Å². The summed E-state index contributed by atoms with van der Waals surface area (Å²) in [7, 11) is 0. The van der Waals surface area contributed by atoms with E-state index in [2.05, 4.69) is 0 Å². The van der Waals surface area contributed by atoms with Crippen LogP contribution in [0.15, 0.2) is 66.7 Å². The predicted molar refractivity (Wildman–Crippen MR) is 160 cm³/mol. The zero-order valence-corrected chi connectivity index (χ0v) is 21.9. The SMILES string of the molecule is N=C(O)c1ccc2c3ccc(C(=O)O)c4c(C(=O)O)ccc(c5c(Oc6ccc(CCN)cc6)cc(C(=N)O)c1c25)c43. The molecule has 10 nitrogen and oxygen atoms in total. The van der Waals surface area contributed by atoms with Gasteiger partial charge in [0.05, 0.1) is 11.1 Å². The van der Waals surface area contributed by atoms with E-state index in [9.17, 15) is 30.0 Å². The standard InChI is InChI=1S/C32H23N3O7/c33-12-11-14-1-3-15(4-2-14)42-23-13-22(30(35)37)25-19(29(34)36)8-5-17-16-6-9-20(31(38)39)26-21(32(40)41)10-7-18(24(16)26)27(23)28(17)25/h1-10,13H,11-12,33H2,(H2,34,36)(H2,35,37)(H,38,39)(H,40,41). The second-order valence-corrected chi connectivity index (χ2v) is 9.87. The van der Waals surface area contributed by atoms with Crippen LogP contribution in [0, 0.1) is 10.8 Å². The van der Waals surface area contributed by atoms with E-state index in [0.29, 0.717) is 51.0 Å². The molecule has 8 N–H and O–H groups in total. The summed E-state index contributed by atoms with van der Waals surface area (Å²) in [6, 6.07) is 17.5. The Balaban J connectivity index is 1.85. The van der Waals surface area contributed by atoms with Gasteiger partial charge in [0.25, 0.3) is 0 Å². The zero-order chi connectivity index (χ0) is 29.9. The Kier molecular flexibility index (Phi) is 6.13. The molecule has 0 aromatic heterocycles. The molecular formula is C32H23N3O7. The van der Waals surface area contributed by atoms with Gasteiger partial charge in [0.1, 0.15) is 11.5 Å². The first-order valence-corrected chi connectivity index (χ1v) is 12.9. The fourth-order valence-electron chi connectivity index (χ4n) is 5.80. The third kappa shape index (κ3) is 3.93. The van der Waals surface area contributed by atoms with E-state index in [-0.39, 0.29) is 38.8 Å². The summed E-state index contributed by atoms with van der Waals surface area (Å²) in [4.78, 5) is 24.5. The van der Waals surface area contributed by atoms with E-state index in [1.807, 2.05) is 12.1 Å². The smallest absolute Gasteiger partial charge is 0.336 e. The van der Waals surface area contributed by atoms with Crippen molar-refractivity contribution in [1.82, 2.24) is 0 Å². The molecule has 208 valence electrons. The molecule has 0 amide bonds. The number of hydrogen-bond donors (Lipinski definition) is 7. The van der Waals surface area contributed by atoms with Crippen LogP contribution in [0.5, 0.6) is 11.5 Å². The fraction of sp³-hybridized carbons (Fsp3) is 0.0625. The lowest BCUT2D eigenvalue weighted by molar-refractivity contribution is 0.0695. The highest BCUT2D eigenvalue weighted by atomic mass is 16.5. The third-order valence-electron chi connectivity index (χ3n) is 7.52. The second kappa shape index (κ2) is 9.72. The summed E-state index contributed by atoms with van der Waals surface area (Å²) in [5.74, 6) is -3.56. The van der Waals surface area contributed by atoms with Gasteiger partial charge in [-0.1, -0.05) is 30.3 Å². The molecule has 0 spiro atoms. The fourth-order valence-corrected chi connectivity index (χ4v) is 5.80. The molecule has 0 saturated heterocycles. The molecule has 0 fully saturated rings. The maximum atomic E-state index is 12.2. The molecule has 0 aliphatic rings. The molecule has 0 radical (unpaired) electrons. The number of fused-ring (bicyclic) bond motifs is 2. The molecule has 0 bridgehead atoms. The molecule has 0 saturated carbocycles. The molecule has 0 atom stereocenters. The van der Waals surface area contributed by atoms with Crippen molar-refractivity contribution in [2.45, 2.75) is 6.42 Å². The van der Waals surface area contributed by atoms with Gasteiger partial charge in [-0.2, -0.15) is 0 Å². The Morgan fingerprint density at radius 2 is 1.14 bits per heavy atom. The highest BCUT2D eigenvalue weighted by molar-refractivity contribution is 6.39. The third-order valence-corrected chi connectivity index (χ3v) is 7.52. The second-order valence-electron chi connectivity index (χ2n) is 9.87. The Morgan fingerprint density at radius 3 is 1.69 bits per heavy atom. The first-order chi connectivity index (χ1) is 20.1. The molecule has 0 heterocycles. The minimum atomic E-state index is -1.29. The van der Waals surface area contributed by atoms with Crippen LogP contribution in [0.25, 0.3) is 43.1 Å². The predicted octanol–water partition coefficient (Wildman–Crippen LogP) is 6.19. The van der Waals surface area contributed by atoms with Crippen LogP contribution in [0.4, 0.5) is 0 Å². The lowest BCUT2D eigenvalue weighted by atomic mass is 9.84. The first-order valence-electron chi connectivity index (χ1n) is 12.9. The Morgan fingerprint density at radius 1 is 0.619 bits per heavy atom. The molecular weight excluding hydrogens is 538 g/mol. The summed E-state index contributed by atoms with van der Waals surface area (Å²) in [5.41, 5.74) is 6.35. The van der Waals surface area contributed by atoms with E-state index < -0.39 is 23.7 Å². The van der Waals surface area contributed by atoms with Crippen LogP contribution >= 0.6 is 0 Å². The van der Waals surface area contributed by atoms with Gasteiger partial charge in [-0.05, 0) is 76.5 Å². The number of nitrogens with two attached hydrogens (primary N) is 1. The van der Waals surface area contributed by atoms with Crippen molar-refractivity contribution in [2.24, 2.45) is 5.73 Å². The van der Waals surface area contributed by atoms with Crippen molar-refractivity contribution >= 4 is 66.8 Å². The Bertz CT molecular complexity index is 2120. The molecule has 10 heteroatoms. The number of benzene rings is 6. The number of carboxylic acid groups (broad SMARTS) is 2. The summed E-state index contributed by atoms with van der Waals surface area (Å²) in [6.07, 6.45) is 0.670. The van der Waals surface area contributed by atoms with Crippen LogP contribution in [0.1, 0.15) is 37.4 Å². The van der Waals surface area contributed by atoms with E-state index in [0.717, 1.165) is 5.56 Å². The van der Waals surface area contributed by atoms with E-state index in [4.69, 9.17) is 21.3 Å². The van der Waals surface area contributed by atoms with E-state index >= 15 is 0 Å². The molecule has 6 aromatic carbocycles. The van der Waals surface area contributed by atoms with Crippen molar-refractivity contribution in [2.75, 3.05) is 6.54 Å². The van der Waals surface area contributed by atoms with Gasteiger partial charge < -0.3 is 30.9 Å². The van der Waals surface area contributed by atoms with Crippen molar-refractivity contribution in [1.29, 1.82) is 10.8 Å². The number of ether oxygens (including phenoxy) is 1.